The monoisotopic (exact) mass is 536 g/mol. The van der Waals surface area contributed by atoms with Gasteiger partial charge in [0.25, 0.3) is 5.91 Å². The highest BCUT2D eigenvalue weighted by molar-refractivity contribution is 6.12. The first-order valence-electron chi connectivity index (χ1n) is 11.9. The van der Waals surface area contributed by atoms with E-state index >= 15 is 0 Å². The van der Waals surface area contributed by atoms with Crippen LogP contribution in [-0.4, -0.2) is 41.6 Å². The van der Waals surface area contributed by atoms with Crippen LogP contribution in [-0.2, 0) is 16.0 Å². The number of carbonyl (C=O) groups excluding carboxylic acids is 3. The number of nitrogens with two attached hydrogens (primary N) is 1. The van der Waals surface area contributed by atoms with E-state index in [1.807, 2.05) is 19.1 Å². The van der Waals surface area contributed by atoms with Gasteiger partial charge in [0.05, 0.1) is 12.9 Å². The van der Waals surface area contributed by atoms with E-state index < -0.39 is 11.9 Å². The zero-order valence-electron chi connectivity index (χ0n) is 21.1. The quantitative estimate of drug-likeness (QED) is 0.115. The number of aromatic nitrogens is 1. The van der Waals surface area contributed by atoms with E-state index in [0.29, 0.717) is 28.6 Å². The Balaban J connectivity index is 0.00000400. The van der Waals surface area contributed by atoms with Crippen molar-refractivity contribution in [2.24, 2.45) is 5.73 Å². The van der Waals surface area contributed by atoms with Gasteiger partial charge in [-0.15, -0.1) is 12.4 Å². The summed E-state index contributed by atoms with van der Waals surface area (Å²) in [7, 11) is 0. The number of halogens is 1. The second-order valence-corrected chi connectivity index (χ2v) is 8.56. The third kappa shape index (κ3) is 6.12. The van der Waals surface area contributed by atoms with Gasteiger partial charge in [-0.25, -0.2) is 0 Å². The number of hydrogen-bond donors (Lipinski definition) is 3. The summed E-state index contributed by atoms with van der Waals surface area (Å²) in [5.74, 6) is -1.02. The highest BCUT2D eigenvalue weighted by Crippen LogP contribution is 2.29. The molecule has 0 saturated heterocycles. The smallest absolute Gasteiger partial charge is 0.326 e. The third-order valence-electron chi connectivity index (χ3n) is 6.04. The number of amidine groups is 1. The average Bonchev–Trinajstić information content (AvgIpc) is 3.53. The number of esters is 1. The van der Waals surface area contributed by atoms with Gasteiger partial charge in [0.1, 0.15) is 12.4 Å². The van der Waals surface area contributed by atoms with Gasteiger partial charge in [-0.2, -0.15) is 0 Å². The molecule has 1 amide bonds. The number of anilines is 1. The van der Waals surface area contributed by atoms with Crippen molar-refractivity contribution in [3.63, 3.8) is 0 Å². The lowest BCUT2D eigenvalue weighted by Gasteiger charge is -2.21. The van der Waals surface area contributed by atoms with E-state index in [-0.39, 0.29) is 49.4 Å². The summed E-state index contributed by atoms with van der Waals surface area (Å²) in [5.41, 5.74) is 9.55. The fourth-order valence-electron chi connectivity index (χ4n) is 4.22. The van der Waals surface area contributed by atoms with Gasteiger partial charge in [-0.3, -0.25) is 24.7 Å². The van der Waals surface area contributed by atoms with Crippen molar-refractivity contribution < 1.29 is 23.5 Å². The molecule has 4 aromatic rings. The molecule has 0 unspecified atom stereocenters. The van der Waals surface area contributed by atoms with Gasteiger partial charge in [0.2, 0.25) is 0 Å². The van der Waals surface area contributed by atoms with Crippen LogP contribution < -0.4 is 10.6 Å². The topological polar surface area (TPSA) is 142 Å². The number of carbonyl (C=O) groups is 3. The van der Waals surface area contributed by atoms with Gasteiger partial charge >= 0.3 is 5.97 Å². The maximum absolute atomic E-state index is 13.3. The zero-order valence-corrected chi connectivity index (χ0v) is 21.9. The number of amides is 1. The Morgan fingerprint density at radius 3 is 2.47 bits per heavy atom. The van der Waals surface area contributed by atoms with E-state index in [4.69, 9.17) is 20.3 Å². The van der Waals surface area contributed by atoms with Crippen LogP contribution in [0.2, 0.25) is 0 Å². The Kier molecular flexibility index (Phi) is 9.09. The molecule has 10 heteroatoms. The largest absolute Gasteiger partial charge is 0.465 e. The van der Waals surface area contributed by atoms with Crippen LogP contribution in [0.3, 0.4) is 0 Å². The van der Waals surface area contributed by atoms with Gasteiger partial charge < -0.3 is 19.9 Å². The van der Waals surface area contributed by atoms with E-state index in [2.05, 4.69) is 4.98 Å². The summed E-state index contributed by atoms with van der Waals surface area (Å²) in [6, 6.07) is 15.6. The summed E-state index contributed by atoms with van der Waals surface area (Å²) in [5, 5.41) is 8.17. The maximum Gasteiger partial charge on any atom is 0.326 e. The molecule has 4 N–H and O–H groups in total. The van der Waals surface area contributed by atoms with Crippen LogP contribution in [0.5, 0.6) is 0 Å². The molecule has 0 aliphatic heterocycles. The summed E-state index contributed by atoms with van der Waals surface area (Å²) in [4.78, 5) is 43.3. The van der Waals surface area contributed by atoms with Crippen LogP contribution in [0.25, 0.3) is 10.9 Å². The minimum Gasteiger partial charge on any atom is -0.465 e. The van der Waals surface area contributed by atoms with Crippen LogP contribution in [0.15, 0.2) is 65.3 Å². The van der Waals surface area contributed by atoms with Crippen molar-refractivity contribution >= 4 is 52.5 Å². The second-order valence-electron chi connectivity index (χ2n) is 8.56. The van der Waals surface area contributed by atoms with E-state index in [0.717, 1.165) is 16.8 Å². The molecule has 9 nitrogen and oxygen atoms in total. The van der Waals surface area contributed by atoms with Gasteiger partial charge in [-0.05, 0) is 56.2 Å². The maximum atomic E-state index is 13.3. The predicted octanol–water partition coefficient (Wildman–Crippen LogP) is 4.80. The standard InChI is InChI=1S/C28H28N4O5.ClH/c1-3-36-25(34)16-32(28(35)24-5-4-14-37-24)20-11-12-22-21(15-20)26(17(2)31-22)23(33)13-8-18-6-9-19(10-7-18)27(29)30;/h4-7,9-12,14-15,31H,3,8,13,16H2,1-2H3,(H3,29,30);1H. The number of nitrogens with zero attached hydrogens (tertiary/aromatic N) is 1. The molecule has 0 bridgehead atoms. The third-order valence-corrected chi connectivity index (χ3v) is 6.04. The normalized spacial score (nSPS) is 10.6. The molecule has 0 spiro atoms. The number of ether oxygens (including phenoxy) is 1. The van der Waals surface area contributed by atoms with Crippen molar-refractivity contribution in [2.45, 2.75) is 26.7 Å². The summed E-state index contributed by atoms with van der Waals surface area (Å²) < 4.78 is 10.3. The first-order chi connectivity index (χ1) is 17.8. The molecule has 0 saturated carbocycles. The molecule has 0 aliphatic rings. The van der Waals surface area contributed by atoms with Crippen LogP contribution in [0.1, 0.15) is 51.1 Å². The molecular weight excluding hydrogens is 508 g/mol. The average molecular weight is 537 g/mol. The van der Waals surface area contributed by atoms with Crippen LogP contribution >= 0.6 is 12.4 Å². The number of benzene rings is 2. The SMILES string of the molecule is CCOC(=O)CN(C(=O)c1ccco1)c1ccc2[nH]c(C)c(C(=O)CCc3ccc(C(=N)N)cc3)c2c1.Cl. The summed E-state index contributed by atoms with van der Waals surface area (Å²) in [6.45, 7) is 3.41. The van der Waals surface area contributed by atoms with E-state index in [1.165, 1.54) is 17.2 Å². The number of rotatable bonds is 10. The Labute approximate surface area is 225 Å². The summed E-state index contributed by atoms with van der Waals surface area (Å²) >= 11 is 0. The number of furan rings is 1. The van der Waals surface area contributed by atoms with Crippen LogP contribution in [0.4, 0.5) is 5.69 Å². The Morgan fingerprint density at radius 1 is 1.11 bits per heavy atom. The number of H-pyrrole nitrogens is 1. The minimum atomic E-state index is -0.556. The Hall–Kier alpha value is -4.37. The fraction of sp³-hybridized carbons (Fsp3) is 0.214. The van der Waals surface area contributed by atoms with E-state index in [9.17, 15) is 14.4 Å². The summed E-state index contributed by atoms with van der Waals surface area (Å²) in [6.07, 6.45) is 2.18. The lowest BCUT2D eigenvalue weighted by atomic mass is 9.99. The van der Waals surface area contributed by atoms with Crippen LogP contribution in [0, 0.1) is 12.3 Å². The molecule has 0 atom stereocenters. The minimum absolute atomic E-state index is 0. The molecule has 2 heterocycles. The van der Waals surface area contributed by atoms with Crippen molar-refractivity contribution in [2.75, 3.05) is 18.1 Å². The molecular formula is C28H29ClN4O5. The fourth-order valence-corrected chi connectivity index (χ4v) is 4.22. The lowest BCUT2D eigenvalue weighted by molar-refractivity contribution is -0.141. The van der Waals surface area contributed by atoms with Gasteiger partial charge in [0, 0.05) is 39.8 Å². The first-order valence-corrected chi connectivity index (χ1v) is 11.9. The van der Waals surface area contributed by atoms with Crippen molar-refractivity contribution in [1.29, 1.82) is 5.41 Å². The molecule has 0 fully saturated rings. The van der Waals surface area contributed by atoms with Crippen molar-refractivity contribution in [3.05, 3.63) is 89.0 Å². The number of ketones is 1. The predicted molar refractivity (Wildman–Crippen MR) is 147 cm³/mol. The van der Waals surface area contributed by atoms with Crippen molar-refractivity contribution in [1.82, 2.24) is 4.98 Å². The van der Waals surface area contributed by atoms with E-state index in [1.54, 1.807) is 43.3 Å². The highest BCUT2D eigenvalue weighted by Gasteiger charge is 2.25. The number of aryl methyl sites for hydroxylation is 2. The second kappa shape index (κ2) is 12.2. The molecule has 2 aromatic heterocycles. The number of nitrogens with one attached hydrogen (secondary N) is 2. The number of fused-ring (bicyclic) bond motifs is 1. The van der Waals surface area contributed by atoms with Gasteiger partial charge in [-0.1, -0.05) is 24.3 Å². The molecule has 0 radical (unpaired) electrons. The Bertz CT molecular complexity index is 1460. The van der Waals surface area contributed by atoms with Gasteiger partial charge in [0.15, 0.2) is 11.5 Å². The number of nitrogen functional groups attached to an aromatic ring is 1. The molecule has 198 valence electrons. The molecule has 38 heavy (non-hydrogen) atoms. The Morgan fingerprint density at radius 2 is 1.84 bits per heavy atom. The molecule has 2 aromatic carbocycles. The lowest BCUT2D eigenvalue weighted by Crippen LogP contribution is -2.36. The first kappa shape index (κ1) is 28.2. The number of hydrogen-bond acceptors (Lipinski definition) is 6. The number of Topliss-reactive ketones (excluding diaryl/α,β-unsaturated/α-hetero) is 1. The zero-order chi connectivity index (χ0) is 26.5. The molecule has 0 aliphatic carbocycles. The highest BCUT2D eigenvalue weighted by atomic mass is 35.5. The van der Waals surface area contributed by atoms with Crippen molar-refractivity contribution in [3.8, 4) is 0 Å². The number of aromatic amines is 1. The molecule has 4 rings (SSSR count).